The molecule has 186 valence electrons. The Morgan fingerprint density at radius 1 is 0.892 bits per heavy atom. The second-order valence-corrected chi connectivity index (χ2v) is 9.08. The Kier molecular flexibility index (Phi) is 6.74. The number of aliphatic hydroxyl groups excluding tert-OH is 1. The maximum atomic E-state index is 12.6. The summed E-state index contributed by atoms with van der Waals surface area (Å²) in [6.45, 7) is -0.0957. The third-order valence-electron chi connectivity index (χ3n) is 6.81. The molecule has 0 aliphatic carbocycles. The molecule has 0 fully saturated rings. The van der Waals surface area contributed by atoms with E-state index in [2.05, 4.69) is 5.18 Å². The number of furan rings is 1. The number of amides is 3. The first-order valence-corrected chi connectivity index (χ1v) is 12.0. The van der Waals surface area contributed by atoms with Gasteiger partial charge in [-0.15, -0.1) is 4.91 Å². The summed E-state index contributed by atoms with van der Waals surface area (Å²) in [4.78, 5) is 49.4. The third-order valence-corrected chi connectivity index (χ3v) is 6.81. The fraction of sp³-hybridized carbons (Fsp3) is 0.207. The van der Waals surface area contributed by atoms with Crippen molar-refractivity contribution in [2.45, 2.75) is 25.4 Å². The smallest absolute Gasteiger partial charge is 0.292 e. The topological polar surface area (TPSA) is 117 Å². The minimum atomic E-state index is -1.16. The van der Waals surface area contributed by atoms with Crippen molar-refractivity contribution in [1.29, 1.82) is 0 Å². The first-order valence-electron chi connectivity index (χ1n) is 12.0. The average molecular weight is 497 g/mol. The van der Waals surface area contributed by atoms with Crippen molar-refractivity contribution in [3.63, 3.8) is 0 Å². The molecule has 0 radical (unpaired) electrons. The summed E-state index contributed by atoms with van der Waals surface area (Å²) in [5.41, 5.74) is 3.26. The average Bonchev–Trinajstić information content (AvgIpc) is 3.47. The molecule has 8 nitrogen and oxygen atoms in total. The number of aryl methyl sites for hydroxylation is 1. The molecule has 0 saturated heterocycles. The van der Waals surface area contributed by atoms with E-state index in [0.29, 0.717) is 17.5 Å². The first kappa shape index (κ1) is 24.3. The van der Waals surface area contributed by atoms with Crippen molar-refractivity contribution in [3.8, 4) is 11.3 Å². The fourth-order valence-electron chi connectivity index (χ4n) is 4.73. The Morgan fingerprint density at radius 3 is 2.19 bits per heavy atom. The van der Waals surface area contributed by atoms with Crippen LogP contribution in [0, 0.1) is 10.8 Å². The number of rotatable bonds is 9. The van der Waals surface area contributed by atoms with Crippen molar-refractivity contribution >= 4 is 28.7 Å². The number of carbonyl (C=O) groups excluding carboxylic acids is 3. The van der Waals surface area contributed by atoms with Crippen LogP contribution in [-0.2, 0) is 11.2 Å². The zero-order chi connectivity index (χ0) is 25.9. The van der Waals surface area contributed by atoms with Crippen LogP contribution in [0.1, 0.15) is 39.1 Å². The standard InChI is InChI=1S/C29H24N2O6/c32-24(14-11-18-9-12-19(13-10-18)26-17-20-5-1-4-8-25(20)37-26)23(27(33)30-36)15-16-31-28(34)21-6-2-3-7-22(21)29(31)35/h1-10,12-13,17,23-24,32H,11,14-16H2. The summed E-state index contributed by atoms with van der Waals surface area (Å²) in [5, 5.41) is 14.3. The van der Waals surface area contributed by atoms with Gasteiger partial charge in [-0.25, -0.2) is 0 Å². The van der Waals surface area contributed by atoms with Crippen LogP contribution in [0.15, 0.2) is 88.5 Å². The Morgan fingerprint density at radius 2 is 1.54 bits per heavy atom. The highest BCUT2D eigenvalue weighted by Crippen LogP contribution is 2.29. The molecule has 2 heterocycles. The van der Waals surface area contributed by atoms with Crippen LogP contribution in [0.4, 0.5) is 0 Å². The lowest BCUT2D eigenvalue weighted by Gasteiger charge is -2.22. The highest BCUT2D eigenvalue weighted by molar-refractivity contribution is 6.21. The Bertz CT molecular complexity index is 1420. The summed E-state index contributed by atoms with van der Waals surface area (Å²) >= 11 is 0. The number of carbonyl (C=O) groups is 3. The number of benzene rings is 3. The molecule has 2 atom stereocenters. The number of nitrogens with zero attached hydrogens (tertiary/aromatic N) is 2. The quantitative estimate of drug-likeness (QED) is 0.258. The molecule has 1 aliphatic heterocycles. The van der Waals surface area contributed by atoms with E-state index in [9.17, 15) is 24.4 Å². The van der Waals surface area contributed by atoms with E-state index in [-0.39, 0.29) is 19.4 Å². The summed E-state index contributed by atoms with van der Waals surface area (Å²) in [7, 11) is 0. The van der Waals surface area contributed by atoms with Gasteiger partial charge in [0.25, 0.3) is 17.7 Å². The molecule has 1 aliphatic rings. The van der Waals surface area contributed by atoms with E-state index in [1.165, 1.54) is 0 Å². The van der Waals surface area contributed by atoms with Crippen molar-refractivity contribution in [2.24, 2.45) is 11.1 Å². The lowest BCUT2D eigenvalue weighted by molar-refractivity contribution is -0.125. The van der Waals surface area contributed by atoms with Gasteiger partial charge in [-0.3, -0.25) is 19.3 Å². The number of imide groups is 1. The predicted molar refractivity (Wildman–Crippen MR) is 137 cm³/mol. The monoisotopic (exact) mass is 496 g/mol. The molecule has 2 unspecified atom stereocenters. The van der Waals surface area contributed by atoms with Gasteiger partial charge >= 0.3 is 0 Å². The van der Waals surface area contributed by atoms with Gasteiger partial charge < -0.3 is 9.52 Å². The molecule has 0 bridgehead atoms. The van der Waals surface area contributed by atoms with E-state index in [1.54, 1.807) is 24.3 Å². The van der Waals surface area contributed by atoms with Crippen LogP contribution in [0.2, 0.25) is 0 Å². The van der Waals surface area contributed by atoms with E-state index in [0.717, 1.165) is 32.8 Å². The van der Waals surface area contributed by atoms with Crippen LogP contribution in [0.3, 0.4) is 0 Å². The molecule has 3 aromatic carbocycles. The fourth-order valence-corrected chi connectivity index (χ4v) is 4.73. The molecule has 8 heteroatoms. The molecule has 1 aromatic heterocycles. The predicted octanol–water partition coefficient (Wildman–Crippen LogP) is 4.99. The summed E-state index contributed by atoms with van der Waals surface area (Å²) < 4.78 is 5.90. The highest BCUT2D eigenvalue weighted by Gasteiger charge is 2.37. The van der Waals surface area contributed by atoms with Gasteiger partial charge in [0.2, 0.25) is 0 Å². The van der Waals surface area contributed by atoms with Crippen LogP contribution in [-0.4, -0.2) is 40.4 Å². The normalized spacial score (nSPS) is 14.6. The van der Waals surface area contributed by atoms with Gasteiger partial charge in [-0.05, 0) is 49.1 Å². The second kappa shape index (κ2) is 10.3. The van der Waals surface area contributed by atoms with Crippen LogP contribution in [0.5, 0.6) is 0 Å². The third kappa shape index (κ3) is 4.83. The first-order chi connectivity index (χ1) is 18.0. The molecule has 37 heavy (non-hydrogen) atoms. The molecule has 0 saturated carbocycles. The minimum Gasteiger partial charge on any atom is -0.456 e. The summed E-state index contributed by atoms with van der Waals surface area (Å²) in [5.74, 6) is -2.26. The maximum Gasteiger partial charge on any atom is 0.292 e. The highest BCUT2D eigenvalue weighted by atomic mass is 16.3. The Balaban J connectivity index is 1.21. The zero-order valence-corrected chi connectivity index (χ0v) is 19.9. The summed E-state index contributed by atoms with van der Waals surface area (Å²) in [6, 6.07) is 23.9. The molecular weight excluding hydrogens is 472 g/mol. The Hall–Kier alpha value is -4.43. The van der Waals surface area contributed by atoms with Crippen molar-refractivity contribution in [3.05, 3.63) is 100 Å². The number of aliphatic hydroxyl groups is 1. The van der Waals surface area contributed by atoms with Gasteiger partial charge in [0.15, 0.2) is 0 Å². The van der Waals surface area contributed by atoms with Crippen LogP contribution >= 0.6 is 0 Å². The van der Waals surface area contributed by atoms with Crippen LogP contribution in [0.25, 0.3) is 22.3 Å². The molecular formula is C29H24N2O6. The van der Waals surface area contributed by atoms with E-state index < -0.39 is 29.7 Å². The number of hydrogen-bond donors (Lipinski definition) is 1. The van der Waals surface area contributed by atoms with Gasteiger partial charge in [0.1, 0.15) is 11.3 Å². The zero-order valence-electron chi connectivity index (χ0n) is 19.9. The Labute approximate surface area is 212 Å². The van der Waals surface area contributed by atoms with Gasteiger partial charge in [0.05, 0.1) is 23.1 Å². The van der Waals surface area contributed by atoms with Crippen molar-refractivity contribution in [2.75, 3.05) is 6.54 Å². The number of nitroso groups, excluding NO2 is 1. The number of para-hydroxylation sites is 1. The summed E-state index contributed by atoms with van der Waals surface area (Å²) in [6.07, 6.45) is -0.548. The van der Waals surface area contributed by atoms with E-state index in [1.807, 2.05) is 54.6 Å². The minimum absolute atomic E-state index is 0.0534. The maximum absolute atomic E-state index is 12.6. The second-order valence-electron chi connectivity index (χ2n) is 9.08. The van der Waals surface area contributed by atoms with E-state index in [4.69, 9.17) is 4.42 Å². The van der Waals surface area contributed by atoms with E-state index >= 15 is 0 Å². The molecule has 1 N–H and O–H groups in total. The SMILES string of the molecule is O=NC(=O)C(CCN1C(=O)c2ccccc2C1=O)C(O)CCc1ccc(-c2cc3ccccc3o2)cc1. The molecule has 4 aromatic rings. The molecule has 5 rings (SSSR count). The van der Waals surface area contributed by atoms with Gasteiger partial charge in [0, 0.05) is 22.7 Å². The van der Waals surface area contributed by atoms with Crippen LogP contribution < -0.4 is 0 Å². The van der Waals surface area contributed by atoms with Gasteiger partial charge in [-0.1, -0.05) is 54.6 Å². The van der Waals surface area contributed by atoms with Crippen molar-refractivity contribution in [1.82, 2.24) is 4.90 Å². The molecule has 0 spiro atoms. The lowest BCUT2D eigenvalue weighted by atomic mass is 9.92. The van der Waals surface area contributed by atoms with Gasteiger partial charge in [-0.2, -0.15) is 0 Å². The van der Waals surface area contributed by atoms with Crippen molar-refractivity contribution < 1.29 is 23.9 Å². The lowest BCUT2D eigenvalue weighted by Crippen LogP contribution is -2.36. The largest absolute Gasteiger partial charge is 0.456 e. The number of fused-ring (bicyclic) bond motifs is 2. The molecule has 3 amide bonds. The number of hydrogen-bond acceptors (Lipinski definition) is 6.